The number of carbonyl (C=O) groups excluding carboxylic acids is 1. The van der Waals surface area contributed by atoms with Crippen molar-refractivity contribution in [2.45, 2.75) is 45.3 Å². The smallest absolute Gasteiger partial charge is 0.408 e. The van der Waals surface area contributed by atoms with E-state index in [1.165, 1.54) is 0 Å². The molecule has 0 bridgehead atoms. The standard InChI is InChI=1S/C22H25NO4/c1-13(2)12-19(21(24)25)23-22(26)27-14(3)20-17-10-6-4-8-15(17)16-9-5-7-11-18(16)20/h4-11,13-14,19-20H,12H2,1-3H3,(H,23,26)(H,24,25)/t14?,19-/m0/s1/i23+1. The van der Waals surface area contributed by atoms with Gasteiger partial charge in [0.05, 0.1) is 0 Å². The summed E-state index contributed by atoms with van der Waals surface area (Å²) in [7, 11) is 0. The Morgan fingerprint density at radius 1 is 1.00 bits per heavy atom. The number of rotatable bonds is 6. The van der Waals surface area contributed by atoms with Crippen LogP contribution in [-0.2, 0) is 9.53 Å². The number of hydrogen-bond acceptors (Lipinski definition) is 3. The molecule has 0 aliphatic heterocycles. The second kappa shape index (κ2) is 7.82. The van der Waals surface area contributed by atoms with Gasteiger partial charge in [0.2, 0.25) is 0 Å². The summed E-state index contributed by atoms with van der Waals surface area (Å²) in [4.78, 5) is 23.7. The Bertz CT molecular complexity index is 800. The number of alkyl carbamates (subject to hydrolysis) is 1. The number of amides is 1. The van der Waals surface area contributed by atoms with Gasteiger partial charge in [-0.05, 0) is 41.5 Å². The number of carboxylic acids is 1. The number of aliphatic carboxylic acids is 1. The molecule has 0 fully saturated rings. The molecule has 0 spiro atoms. The maximum Gasteiger partial charge on any atom is 0.408 e. The molecule has 1 unspecified atom stereocenters. The van der Waals surface area contributed by atoms with Gasteiger partial charge in [-0.3, -0.25) is 0 Å². The van der Waals surface area contributed by atoms with Crippen LogP contribution in [0.3, 0.4) is 0 Å². The molecule has 27 heavy (non-hydrogen) atoms. The number of benzene rings is 2. The average molecular weight is 368 g/mol. The molecule has 5 nitrogen and oxygen atoms in total. The van der Waals surface area contributed by atoms with Gasteiger partial charge < -0.3 is 15.2 Å². The maximum atomic E-state index is 12.3. The number of carbonyl (C=O) groups is 2. The van der Waals surface area contributed by atoms with Crippen molar-refractivity contribution in [3.63, 3.8) is 0 Å². The Morgan fingerprint density at radius 3 is 2.00 bits per heavy atom. The first-order chi connectivity index (χ1) is 12.9. The van der Waals surface area contributed by atoms with Crippen LogP contribution in [0.15, 0.2) is 48.5 Å². The van der Waals surface area contributed by atoms with Crippen molar-refractivity contribution in [2.24, 2.45) is 5.92 Å². The third kappa shape index (κ3) is 3.97. The van der Waals surface area contributed by atoms with Crippen LogP contribution in [0.5, 0.6) is 0 Å². The van der Waals surface area contributed by atoms with Crippen LogP contribution >= 0.6 is 0 Å². The van der Waals surface area contributed by atoms with E-state index in [2.05, 4.69) is 29.6 Å². The number of fused-ring (bicyclic) bond motifs is 3. The second-order valence-electron chi connectivity index (χ2n) is 7.43. The summed E-state index contributed by atoms with van der Waals surface area (Å²) in [5, 5.41) is 11.8. The van der Waals surface area contributed by atoms with Crippen molar-refractivity contribution in [3.8, 4) is 11.1 Å². The molecule has 0 radical (unpaired) electrons. The van der Waals surface area contributed by atoms with Crippen LogP contribution in [0.4, 0.5) is 4.79 Å². The fraction of sp³-hybridized carbons (Fsp3) is 0.364. The van der Waals surface area contributed by atoms with E-state index >= 15 is 0 Å². The monoisotopic (exact) mass is 368 g/mol. The summed E-state index contributed by atoms with van der Waals surface area (Å²) in [6.45, 7) is 5.68. The summed E-state index contributed by atoms with van der Waals surface area (Å²) in [5.41, 5.74) is 4.54. The third-order valence-corrected chi connectivity index (χ3v) is 4.94. The minimum absolute atomic E-state index is 0.0727. The number of carboxylic acid groups (broad SMARTS) is 1. The quantitative estimate of drug-likeness (QED) is 0.741. The minimum atomic E-state index is -1.05. The highest BCUT2D eigenvalue weighted by atomic mass is 16.6. The molecule has 1 aliphatic carbocycles. The Kier molecular flexibility index (Phi) is 5.49. The Balaban J connectivity index is 1.77. The SMILES string of the molecule is CC(C)C[C@H]([15NH]C(=O)OC(C)C1c2ccccc2-c2ccccc21)C(=O)O. The van der Waals surface area contributed by atoms with E-state index in [1.54, 1.807) is 0 Å². The highest BCUT2D eigenvalue weighted by molar-refractivity contribution is 5.81. The van der Waals surface area contributed by atoms with Gasteiger partial charge in [-0.25, -0.2) is 9.59 Å². The molecule has 2 N–H and O–H groups in total. The van der Waals surface area contributed by atoms with Crippen molar-refractivity contribution in [1.29, 1.82) is 0 Å². The second-order valence-corrected chi connectivity index (χ2v) is 7.43. The first-order valence-electron chi connectivity index (χ1n) is 9.26. The highest BCUT2D eigenvalue weighted by Crippen LogP contribution is 2.46. The van der Waals surface area contributed by atoms with Crippen molar-refractivity contribution in [1.82, 2.24) is 5.32 Å². The van der Waals surface area contributed by atoms with Gasteiger partial charge in [-0.1, -0.05) is 62.4 Å². The van der Waals surface area contributed by atoms with E-state index in [1.807, 2.05) is 45.0 Å². The largest absolute Gasteiger partial charge is 0.480 e. The van der Waals surface area contributed by atoms with Gasteiger partial charge in [0.25, 0.3) is 0 Å². The molecular formula is C22H25NO4. The molecule has 0 saturated carbocycles. The molecular weight excluding hydrogens is 343 g/mol. The fourth-order valence-corrected chi connectivity index (χ4v) is 3.81. The first kappa shape index (κ1) is 19.0. The van der Waals surface area contributed by atoms with E-state index in [0.29, 0.717) is 6.42 Å². The van der Waals surface area contributed by atoms with E-state index in [9.17, 15) is 14.7 Å². The minimum Gasteiger partial charge on any atom is -0.480 e. The van der Waals surface area contributed by atoms with Crippen molar-refractivity contribution in [3.05, 3.63) is 59.7 Å². The lowest BCUT2D eigenvalue weighted by molar-refractivity contribution is -0.139. The van der Waals surface area contributed by atoms with Crippen molar-refractivity contribution < 1.29 is 19.4 Å². The summed E-state index contributed by atoms with van der Waals surface area (Å²) in [5.74, 6) is -0.973. The summed E-state index contributed by atoms with van der Waals surface area (Å²) in [6.07, 6.45) is -0.769. The van der Waals surface area contributed by atoms with Gasteiger partial charge in [-0.2, -0.15) is 0 Å². The number of nitrogens with one attached hydrogen (secondary N) is 1. The molecule has 5 heteroatoms. The normalized spacial score (nSPS) is 15.0. The summed E-state index contributed by atoms with van der Waals surface area (Å²) in [6, 6.07) is 15.3. The van der Waals surface area contributed by atoms with E-state index in [-0.39, 0.29) is 11.8 Å². The fourth-order valence-electron chi connectivity index (χ4n) is 3.81. The summed E-state index contributed by atoms with van der Waals surface area (Å²) < 4.78 is 5.60. The number of ether oxygens (including phenoxy) is 1. The molecule has 3 rings (SSSR count). The lowest BCUT2D eigenvalue weighted by Crippen LogP contribution is -2.43. The number of hydrogen-bond donors (Lipinski definition) is 2. The van der Waals surface area contributed by atoms with Gasteiger partial charge in [-0.15, -0.1) is 0 Å². The molecule has 142 valence electrons. The zero-order valence-corrected chi connectivity index (χ0v) is 15.8. The van der Waals surface area contributed by atoms with Gasteiger partial charge in [0.1, 0.15) is 12.1 Å². The molecule has 1 amide bonds. The molecule has 2 aromatic carbocycles. The summed E-state index contributed by atoms with van der Waals surface area (Å²) >= 11 is 0. The third-order valence-electron chi connectivity index (χ3n) is 4.94. The Hall–Kier alpha value is -2.82. The molecule has 1 aliphatic rings. The van der Waals surface area contributed by atoms with Crippen LogP contribution in [-0.4, -0.2) is 29.3 Å². The average Bonchev–Trinajstić information content (AvgIpc) is 2.95. The predicted octanol–water partition coefficient (Wildman–Crippen LogP) is 4.41. The van der Waals surface area contributed by atoms with E-state index in [4.69, 9.17) is 4.74 Å². The molecule has 0 heterocycles. The van der Waals surface area contributed by atoms with Crippen LogP contribution in [0, 0.1) is 5.92 Å². The van der Waals surface area contributed by atoms with Crippen LogP contribution < -0.4 is 5.32 Å². The molecule has 2 atom stereocenters. The maximum absolute atomic E-state index is 12.3. The topological polar surface area (TPSA) is 75.6 Å². The molecule has 0 saturated heterocycles. The van der Waals surface area contributed by atoms with E-state index in [0.717, 1.165) is 22.3 Å². The highest BCUT2D eigenvalue weighted by Gasteiger charge is 2.34. The van der Waals surface area contributed by atoms with Crippen LogP contribution in [0.1, 0.15) is 44.2 Å². The van der Waals surface area contributed by atoms with E-state index < -0.39 is 24.2 Å². The predicted molar refractivity (Wildman–Crippen MR) is 104 cm³/mol. The Morgan fingerprint density at radius 2 is 1.52 bits per heavy atom. The zero-order valence-electron chi connectivity index (χ0n) is 15.8. The van der Waals surface area contributed by atoms with Crippen molar-refractivity contribution >= 4 is 12.1 Å². The van der Waals surface area contributed by atoms with Gasteiger partial charge in [0, 0.05) is 5.92 Å². The van der Waals surface area contributed by atoms with Crippen LogP contribution in [0.25, 0.3) is 11.1 Å². The Labute approximate surface area is 159 Å². The van der Waals surface area contributed by atoms with Gasteiger partial charge >= 0.3 is 12.1 Å². The van der Waals surface area contributed by atoms with Gasteiger partial charge in [0.15, 0.2) is 0 Å². The molecule has 2 aromatic rings. The zero-order chi connectivity index (χ0) is 19.6. The van der Waals surface area contributed by atoms with Crippen LogP contribution in [0.2, 0.25) is 0 Å². The lowest BCUT2D eigenvalue weighted by atomic mass is 9.92. The molecule has 0 aromatic heterocycles. The lowest BCUT2D eigenvalue weighted by Gasteiger charge is -2.24. The first-order valence-corrected chi connectivity index (χ1v) is 9.26. The van der Waals surface area contributed by atoms with Crippen molar-refractivity contribution in [2.75, 3.05) is 0 Å².